The van der Waals surface area contributed by atoms with Crippen LogP contribution in [0.3, 0.4) is 0 Å². The zero-order valence-electron chi connectivity index (χ0n) is 7.67. The molecule has 0 bridgehead atoms. The molecule has 2 N–H and O–H groups in total. The highest BCUT2D eigenvalue weighted by molar-refractivity contribution is 5.40. The molecule has 1 saturated carbocycles. The zero-order valence-corrected chi connectivity index (χ0v) is 7.67. The lowest BCUT2D eigenvalue weighted by atomic mass is 9.93. The van der Waals surface area contributed by atoms with Crippen molar-refractivity contribution < 1.29 is 0 Å². The Hall–Kier alpha value is -0.820. The van der Waals surface area contributed by atoms with Gasteiger partial charge >= 0.3 is 0 Å². The van der Waals surface area contributed by atoms with E-state index in [1.54, 1.807) is 0 Å². The van der Waals surface area contributed by atoms with Gasteiger partial charge in [0.2, 0.25) is 0 Å². The molecular weight excluding hydrogens is 146 g/mol. The molecule has 0 aromatic heterocycles. The average Bonchev–Trinajstić information content (AvgIpc) is 2.61. The van der Waals surface area contributed by atoms with E-state index in [1.807, 2.05) is 0 Å². The van der Waals surface area contributed by atoms with Gasteiger partial charge in [-0.1, -0.05) is 31.2 Å². The summed E-state index contributed by atoms with van der Waals surface area (Å²) in [4.78, 5) is 0. The van der Waals surface area contributed by atoms with Crippen molar-refractivity contribution in [2.24, 2.45) is 5.73 Å². The molecule has 12 heavy (non-hydrogen) atoms. The highest BCUT2D eigenvalue weighted by atomic mass is 14.8. The van der Waals surface area contributed by atoms with Crippen molar-refractivity contribution in [2.45, 2.75) is 31.7 Å². The molecule has 1 aliphatic carbocycles. The van der Waals surface area contributed by atoms with Crippen molar-refractivity contribution in [3.63, 3.8) is 0 Å². The smallest absolute Gasteiger partial charge is 0.0143 e. The average molecular weight is 161 g/mol. The van der Waals surface area contributed by atoms with Gasteiger partial charge in [-0.05, 0) is 24.5 Å². The van der Waals surface area contributed by atoms with Crippen LogP contribution in [0.1, 0.15) is 24.5 Å². The molecule has 1 aromatic carbocycles. The number of hydrogen-bond donors (Lipinski definition) is 1. The minimum Gasteiger partial charge on any atom is -0.327 e. The molecule has 0 spiro atoms. The lowest BCUT2D eigenvalue weighted by Crippen LogP contribution is -2.15. The molecule has 0 aliphatic heterocycles. The second-order valence-electron chi connectivity index (χ2n) is 4.04. The summed E-state index contributed by atoms with van der Waals surface area (Å²) in [6, 6.07) is 8.90. The fourth-order valence-corrected chi connectivity index (χ4v) is 1.92. The van der Waals surface area contributed by atoms with Gasteiger partial charge in [0.25, 0.3) is 0 Å². The number of nitrogens with two attached hydrogens (primary N) is 1. The second kappa shape index (κ2) is 2.33. The van der Waals surface area contributed by atoms with Gasteiger partial charge in [0, 0.05) is 11.5 Å². The summed E-state index contributed by atoms with van der Waals surface area (Å²) < 4.78 is 0. The quantitative estimate of drug-likeness (QED) is 0.669. The van der Waals surface area contributed by atoms with Crippen LogP contribution >= 0.6 is 0 Å². The summed E-state index contributed by atoms with van der Waals surface area (Å²) in [5.41, 5.74) is 8.97. The summed E-state index contributed by atoms with van der Waals surface area (Å²) >= 11 is 0. The van der Waals surface area contributed by atoms with Crippen LogP contribution in [0.4, 0.5) is 0 Å². The van der Waals surface area contributed by atoms with Crippen molar-refractivity contribution in [3.8, 4) is 0 Å². The maximum absolute atomic E-state index is 5.90. The first-order valence-electron chi connectivity index (χ1n) is 4.46. The molecule has 1 heteroatoms. The van der Waals surface area contributed by atoms with Crippen molar-refractivity contribution in [3.05, 3.63) is 35.4 Å². The van der Waals surface area contributed by atoms with Crippen molar-refractivity contribution in [2.75, 3.05) is 0 Å². The lowest BCUT2D eigenvalue weighted by Gasteiger charge is -2.12. The molecule has 1 nitrogen and oxygen atoms in total. The molecule has 0 heterocycles. The Balaban J connectivity index is 2.41. The third-order valence-electron chi connectivity index (χ3n) is 3.06. The van der Waals surface area contributed by atoms with Crippen LogP contribution in [0.2, 0.25) is 0 Å². The zero-order chi connectivity index (χ0) is 8.77. The Kier molecular flexibility index (Phi) is 1.52. The van der Waals surface area contributed by atoms with Crippen LogP contribution in [0, 0.1) is 6.92 Å². The molecule has 0 saturated heterocycles. The van der Waals surface area contributed by atoms with Gasteiger partial charge in [0.15, 0.2) is 0 Å². The summed E-state index contributed by atoms with van der Waals surface area (Å²) in [5, 5.41) is 0. The first kappa shape index (κ1) is 7.81. The van der Waals surface area contributed by atoms with E-state index in [2.05, 4.69) is 38.1 Å². The molecule has 64 valence electrons. The first-order chi connectivity index (χ1) is 5.64. The van der Waals surface area contributed by atoms with Gasteiger partial charge in [0.1, 0.15) is 0 Å². The predicted molar refractivity (Wildman–Crippen MR) is 51.1 cm³/mol. The van der Waals surface area contributed by atoms with Gasteiger partial charge in [-0.15, -0.1) is 0 Å². The minimum atomic E-state index is 0.269. The summed E-state index contributed by atoms with van der Waals surface area (Å²) in [6.07, 6.45) is 1.14. The highest BCUT2D eigenvalue weighted by Gasteiger charge is 2.49. The number of rotatable bonds is 1. The maximum Gasteiger partial charge on any atom is 0.0143 e. The molecule has 1 fully saturated rings. The monoisotopic (exact) mass is 161 g/mol. The maximum atomic E-state index is 5.90. The fraction of sp³-hybridized carbons (Fsp3) is 0.455. The molecule has 0 amide bonds. The SMILES string of the molecule is Cc1ccccc1C1(C)CC1N. The second-order valence-corrected chi connectivity index (χ2v) is 4.04. The van der Waals surface area contributed by atoms with Crippen LogP contribution < -0.4 is 5.73 Å². The van der Waals surface area contributed by atoms with Crippen molar-refractivity contribution in [1.29, 1.82) is 0 Å². The predicted octanol–water partition coefficient (Wildman–Crippen LogP) is 1.98. The van der Waals surface area contributed by atoms with Crippen LogP contribution in [0.5, 0.6) is 0 Å². The number of benzene rings is 1. The summed E-state index contributed by atoms with van der Waals surface area (Å²) in [7, 11) is 0. The molecular formula is C11H15N. The van der Waals surface area contributed by atoms with Crippen LogP contribution in [0.15, 0.2) is 24.3 Å². The molecule has 1 aromatic rings. The van der Waals surface area contributed by atoms with Gasteiger partial charge in [-0.25, -0.2) is 0 Å². The molecule has 0 radical (unpaired) electrons. The Bertz CT molecular complexity index is 306. The van der Waals surface area contributed by atoms with Crippen LogP contribution in [-0.2, 0) is 5.41 Å². The van der Waals surface area contributed by atoms with E-state index in [0.717, 1.165) is 6.42 Å². The molecule has 2 rings (SSSR count). The minimum absolute atomic E-state index is 0.269. The third-order valence-corrected chi connectivity index (χ3v) is 3.06. The van der Waals surface area contributed by atoms with Gasteiger partial charge < -0.3 is 5.73 Å². The summed E-state index contributed by atoms with van der Waals surface area (Å²) in [5.74, 6) is 0. The van der Waals surface area contributed by atoms with Crippen LogP contribution in [-0.4, -0.2) is 6.04 Å². The van der Waals surface area contributed by atoms with Gasteiger partial charge in [-0.2, -0.15) is 0 Å². The van der Waals surface area contributed by atoms with Crippen molar-refractivity contribution in [1.82, 2.24) is 0 Å². The van der Waals surface area contributed by atoms with E-state index in [0.29, 0.717) is 6.04 Å². The number of aryl methyl sites for hydroxylation is 1. The van der Waals surface area contributed by atoms with E-state index < -0.39 is 0 Å². The molecule has 1 aliphatic rings. The Morgan fingerprint density at radius 1 is 1.42 bits per heavy atom. The van der Waals surface area contributed by atoms with E-state index in [-0.39, 0.29) is 5.41 Å². The molecule has 2 atom stereocenters. The number of hydrogen-bond acceptors (Lipinski definition) is 1. The van der Waals surface area contributed by atoms with Gasteiger partial charge in [0.05, 0.1) is 0 Å². The van der Waals surface area contributed by atoms with E-state index in [4.69, 9.17) is 5.73 Å². The Labute approximate surface area is 73.6 Å². The Morgan fingerprint density at radius 2 is 2.00 bits per heavy atom. The van der Waals surface area contributed by atoms with E-state index in [1.165, 1.54) is 11.1 Å². The van der Waals surface area contributed by atoms with Gasteiger partial charge in [-0.3, -0.25) is 0 Å². The Morgan fingerprint density at radius 3 is 2.50 bits per heavy atom. The first-order valence-corrected chi connectivity index (χ1v) is 4.46. The topological polar surface area (TPSA) is 26.0 Å². The standard InChI is InChI=1S/C11H15N/c1-8-5-3-4-6-9(8)11(2)7-10(11)12/h3-6,10H,7,12H2,1-2H3. The van der Waals surface area contributed by atoms with Crippen LogP contribution in [0.25, 0.3) is 0 Å². The largest absolute Gasteiger partial charge is 0.327 e. The van der Waals surface area contributed by atoms with E-state index >= 15 is 0 Å². The highest BCUT2D eigenvalue weighted by Crippen LogP contribution is 2.47. The van der Waals surface area contributed by atoms with E-state index in [9.17, 15) is 0 Å². The third kappa shape index (κ3) is 0.969. The van der Waals surface area contributed by atoms with Crippen molar-refractivity contribution >= 4 is 0 Å². The normalized spacial score (nSPS) is 33.4. The fourth-order valence-electron chi connectivity index (χ4n) is 1.92. The summed E-state index contributed by atoms with van der Waals surface area (Å²) in [6.45, 7) is 4.41. The lowest BCUT2D eigenvalue weighted by molar-refractivity contribution is 0.735. The molecule has 2 unspecified atom stereocenters.